The number of hydrogen-bond donors (Lipinski definition) is 0. The molecular weight excluding hydrogens is 312 g/mol. The SMILES string of the molecule is CC(=O)N1CCN(C(=O)CCc2ccccc2)[C@H](c2ccccc2)C1. The number of benzene rings is 2. The Labute approximate surface area is 149 Å². The van der Waals surface area contributed by atoms with Crippen LogP contribution in [0.4, 0.5) is 0 Å². The van der Waals surface area contributed by atoms with Crippen LogP contribution in [0.3, 0.4) is 0 Å². The molecule has 1 aliphatic heterocycles. The van der Waals surface area contributed by atoms with Gasteiger partial charge in [-0.25, -0.2) is 0 Å². The molecule has 0 aromatic heterocycles. The highest BCUT2D eigenvalue weighted by atomic mass is 16.2. The number of nitrogens with zero attached hydrogens (tertiary/aromatic N) is 2. The molecule has 3 rings (SSSR count). The molecule has 1 saturated heterocycles. The number of carbonyl (C=O) groups excluding carboxylic acids is 2. The maximum atomic E-state index is 12.9. The average Bonchev–Trinajstić information content (AvgIpc) is 2.67. The van der Waals surface area contributed by atoms with E-state index in [0.29, 0.717) is 26.1 Å². The van der Waals surface area contributed by atoms with Gasteiger partial charge in [-0.1, -0.05) is 60.7 Å². The lowest BCUT2D eigenvalue weighted by Crippen LogP contribution is -2.51. The first-order chi connectivity index (χ1) is 12.1. The van der Waals surface area contributed by atoms with E-state index in [9.17, 15) is 9.59 Å². The van der Waals surface area contributed by atoms with Crippen molar-refractivity contribution in [2.45, 2.75) is 25.8 Å². The summed E-state index contributed by atoms with van der Waals surface area (Å²) >= 11 is 0. The first-order valence-electron chi connectivity index (χ1n) is 8.79. The summed E-state index contributed by atoms with van der Waals surface area (Å²) in [5, 5.41) is 0. The van der Waals surface area contributed by atoms with Crippen molar-refractivity contribution >= 4 is 11.8 Å². The quantitative estimate of drug-likeness (QED) is 0.861. The van der Waals surface area contributed by atoms with E-state index >= 15 is 0 Å². The van der Waals surface area contributed by atoms with Crippen molar-refractivity contribution in [3.8, 4) is 0 Å². The van der Waals surface area contributed by atoms with Crippen LogP contribution in [-0.4, -0.2) is 41.2 Å². The standard InChI is InChI=1S/C21H24N2O2/c1-17(24)22-14-15-23(20(16-22)19-10-6-3-7-11-19)21(25)13-12-18-8-4-2-5-9-18/h2-11,20H,12-16H2,1H3/t20-/m0/s1. The summed E-state index contributed by atoms with van der Waals surface area (Å²) in [6.45, 7) is 3.36. The molecule has 0 aliphatic carbocycles. The lowest BCUT2D eigenvalue weighted by atomic mass is 10.0. The fourth-order valence-electron chi connectivity index (χ4n) is 3.37. The molecule has 4 heteroatoms. The fraction of sp³-hybridized carbons (Fsp3) is 0.333. The minimum Gasteiger partial charge on any atom is -0.339 e. The minimum absolute atomic E-state index is 0.0670. The molecule has 0 unspecified atom stereocenters. The maximum absolute atomic E-state index is 12.9. The number of rotatable bonds is 4. The Bertz CT molecular complexity index is 715. The molecule has 1 aliphatic rings. The molecular formula is C21H24N2O2. The van der Waals surface area contributed by atoms with Crippen LogP contribution in [0.15, 0.2) is 60.7 Å². The van der Waals surface area contributed by atoms with Gasteiger partial charge in [-0.2, -0.15) is 0 Å². The van der Waals surface area contributed by atoms with Gasteiger partial charge in [-0.15, -0.1) is 0 Å². The van der Waals surface area contributed by atoms with E-state index in [0.717, 1.165) is 12.0 Å². The van der Waals surface area contributed by atoms with Crippen LogP contribution in [0.1, 0.15) is 30.5 Å². The monoisotopic (exact) mass is 336 g/mol. The third-order valence-electron chi connectivity index (χ3n) is 4.80. The normalized spacial score (nSPS) is 17.4. The second-order valence-corrected chi connectivity index (χ2v) is 6.46. The van der Waals surface area contributed by atoms with Gasteiger partial charge in [0, 0.05) is 33.0 Å². The third-order valence-corrected chi connectivity index (χ3v) is 4.80. The van der Waals surface area contributed by atoms with Gasteiger partial charge in [0.1, 0.15) is 0 Å². The molecule has 25 heavy (non-hydrogen) atoms. The molecule has 1 heterocycles. The van der Waals surface area contributed by atoms with E-state index in [2.05, 4.69) is 12.1 Å². The Morgan fingerprint density at radius 3 is 2.24 bits per heavy atom. The largest absolute Gasteiger partial charge is 0.339 e. The van der Waals surface area contributed by atoms with Gasteiger partial charge in [0.25, 0.3) is 0 Å². The van der Waals surface area contributed by atoms with Crippen molar-refractivity contribution in [3.63, 3.8) is 0 Å². The van der Waals surface area contributed by atoms with Crippen LogP contribution in [0.2, 0.25) is 0 Å². The highest BCUT2D eigenvalue weighted by molar-refractivity contribution is 5.78. The number of carbonyl (C=O) groups is 2. The zero-order valence-electron chi connectivity index (χ0n) is 14.6. The van der Waals surface area contributed by atoms with Crippen molar-refractivity contribution in [1.29, 1.82) is 0 Å². The molecule has 0 radical (unpaired) electrons. The van der Waals surface area contributed by atoms with E-state index in [1.165, 1.54) is 5.56 Å². The number of amides is 2. The molecule has 1 atom stereocenters. The van der Waals surface area contributed by atoms with Gasteiger partial charge < -0.3 is 9.80 Å². The van der Waals surface area contributed by atoms with E-state index in [4.69, 9.17) is 0 Å². The fourth-order valence-corrected chi connectivity index (χ4v) is 3.37. The molecule has 0 saturated carbocycles. The zero-order valence-corrected chi connectivity index (χ0v) is 14.6. The number of aryl methyl sites for hydroxylation is 1. The minimum atomic E-state index is -0.0675. The lowest BCUT2D eigenvalue weighted by Gasteiger charge is -2.41. The Morgan fingerprint density at radius 1 is 0.960 bits per heavy atom. The van der Waals surface area contributed by atoms with Crippen LogP contribution in [0, 0.1) is 0 Å². The molecule has 1 fully saturated rings. The van der Waals surface area contributed by atoms with Gasteiger partial charge in [-0.05, 0) is 17.5 Å². The summed E-state index contributed by atoms with van der Waals surface area (Å²) in [5.41, 5.74) is 2.26. The van der Waals surface area contributed by atoms with Crippen molar-refractivity contribution in [2.24, 2.45) is 0 Å². The van der Waals surface area contributed by atoms with E-state index in [-0.39, 0.29) is 17.9 Å². The van der Waals surface area contributed by atoms with Gasteiger partial charge in [-0.3, -0.25) is 9.59 Å². The van der Waals surface area contributed by atoms with Crippen molar-refractivity contribution in [3.05, 3.63) is 71.8 Å². The molecule has 2 aromatic carbocycles. The second-order valence-electron chi connectivity index (χ2n) is 6.46. The van der Waals surface area contributed by atoms with Gasteiger partial charge in [0.15, 0.2) is 0 Å². The van der Waals surface area contributed by atoms with Crippen molar-refractivity contribution in [1.82, 2.24) is 9.80 Å². The Kier molecular flexibility index (Phi) is 5.49. The van der Waals surface area contributed by atoms with Gasteiger partial charge >= 0.3 is 0 Å². The highest BCUT2D eigenvalue weighted by Gasteiger charge is 2.32. The van der Waals surface area contributed by atoms with Crippen LogP contribution < -0.4 is 0 Å². The van der Waals surface area contributed by atoms with E-state index in [1.54, 1.807) is 6.92 Å². The predicted molar refractivity (Wildman–Crippen MR) is 97.9 cm³/mol. The second kappa shape index (κ2) is 7.97. The van der Waals surface area contributed by atoms with Gasteiger partial charge in [0.05, 0.1) is 6.04 Å². The van der Waals surface area contributed by atoms with Crippen molar-refractivity contribution in [2.75, 3.05) is 19.6 Å². The molecule has 130 valence electrons. The van der Waals surface area contributed by atoms with Crippen LogP contribution >= 0.6 is 0 Å². The molecule has 0 spiro atoms. The molecule has 0 N–H and O–H groups in total. The van der Waals surface area contributed by atoms with Crippen LogP contribution in [0.25, 0.3) is 0 Å². The molecule has 0 bridgehead atoms. The van der Waals surface area contributed by atoms with Crippen molar-refractivity contribution < 1.29 is 9.59 Å². The first-order valence-corrected chi connectivity index (χ1v) is 8.79. The summed E-state index contributed by atoms with van der Waals surface area (Å²) in [4.78, 5) is 28.4. The van der Waals surface area contributed by atoms with Crippen LogP contribution in [-0.2, 0) is 16.0 Å². The van der Waals surface area contributed by atoms with E-state index < -0.39 is 0 Å². The Balaban J connectivity index is 1.73. The zero-order chi connectivity index (χ0) is 17.6. The average molecular weight is 336 g/mol. The lowest BCUT2D eigenvalue weighted by molar-refractivity contribution is -0.142. The Hall–Kier alpha value is -2.62. The summed E-state index contributed by atoms with van der Waals surface area (Å²) in [5.74, 6) is 0.221. The summed E-state index contributed by atoms with van der Waals surface area (Å²) in [7, 11) is 0. The summed E-state index contributed by atoms with van der Waals surface area (Å²) in [6, 6.07) is 20.0. The van der Waals surface area contributed by atoms with Crippen LogP contribution in [0.5, 0.6) is 0 Å². The first kappa shape index (κ1) is 17.2. The smallest absolute Gasteiger partial charge is 0.223 e. The third kappa shape index (κ3) is 4.27. The number of hydrogen-bond acceptors (Lipinski definition) is 2. The summed E-state index contributed by atoms with van der Waals surface area (Å²) in [6.07, 6.45) is 1.24. The van der Waals surface area contributed by atoms with Gasteiger partial charge in [0.2, 0.25) is 11.8 Å². The Morgan fingerprint density at radius 2 is 1.60 bits per heavy atom. The molecule has 2 aromatic rings. The molecule has 4 nitrogen and oxygen atoms in total. The highest BCUT2D eigenvalue weighted by Crippen LogP contribution is 2.26. The maximum Gasteiger partial charge on any atom is 0.223 e. The topological polar surface area (TPSA) is 40.6 Å². The van der Waals surface area contributed by atoms with E-state index in [1.807, 2.05) is 58.3 Å². The predicted octanol–water partition coefficient (Wildman–Crippen LogP) is 3.05. The number of piperazine rings is 1. The summed E-state index contributed by atoms with van der Waals surface area (Å²) < 4.78 is 0. The molecule has 2 amide bonds.